The van der Waals surface area contributed by atoms with Gasteiger partial charge in [0.1, 0.15) is 18.3 Å². The summed E-state index contributed by atoms with van der Waals surface area (Å²) >= 11 is 0. The topological polar surface area (TPSA) is 90.2 Å². The van der Waals surface area contributed by atoms with Crippen molar-refractivity contribution in [2.75, 3.05) is 19.8 Å². The van der Waals surface area contributed by atoms with Gasteiger partial charge >= 0.3 is 0 Å². The molecule has 0 saturated carbocycles. The van der Waals surface area contributed by atoms with Crippen molar-refractivity contribution in [3.05, 3.63) is 11.6 Å². The van der Waals surface area contributed by atoms with Crippen LogP contribution in [0.25, 0.3) is 0 Å². The van der Waals surface area contributed by atoms with Crippen molar-refractivity contribution in [1.29, 1.82) is 0 Å². The first kappa shape index (κ1) is 10.6. The number of ether oxygens (including phenoxy) is 1. The molecule has 0 aromatic carbocycles. The van der Waals surface area contributed by atoms with Crippen LogP contribution in [0.3, 0.4) is 0 Å². The molecule has 0 unspecified atom stereocenters. The SMILES string of the molecule is OCC1=CCO[C@H](CO)[C@H](O)[C@@H]1O. The Morgan fingerprint density at radius 3 is 2.62 bits per heavy atom. The van der Waals surface area contributed by atoms with Crippen LogP contribution in [0.15, 0.2) is 11.6 Å². The van der Waals surface area contributed by atoms with Gasteiger partial charge in [0, 0.05) is 0 Å². The van der Waals surface area contributed by atoms with Crippen LogP contribution < -0.4 is 0 Å². The van der Waals surface area contributed by atoms with E-state index in [1.807, 2.05) is 0 Å². The molecular formula is C8H14O5. The standard InChI is InChI=1S/C8H14O5/c9-3-5-1-2-13-6(4-10)8(12)7(5)11/h1,6-12H,2-4H2/t6-,7-,8+/m1/s1. The molecule has 0 bridgehead atoms. The van der Waals surface area contributed by atoms with Crippen LogP contribution in [0.4, 0.5) is 0 Å². The number of aliphatic hydroxyl groups excluding tert-OH is 4. The molecule has 1 rings (SSSR count). The number of rotatable bonds is 2. The summed E-state index contributed by atoms with van der Waals surface area (Å²) in [7, 11) is 0. The van der Waals surface area contributed by atoms with Gasteiger partial charge in [0.25, 0.3) is 0 Å². The first-order valence-electron chi connectivity index (χ1n) is 4.09. The Kier molecular flexibility index (Phi) is 3.83. The van der Waals surface area contributed by atoms with Crippen molar-refractivity contribution in [2.45, 2.75) is 18.3 Å². The lowest BCUT2D eigenvalue weighted by molar-refractivity contribution is -0.0860. The third-order valence-electron chi connectivity index (χ3n) is 2.10. The van der Waals surface area contributed by atoms with E-state index in [1.165, 1.54) is 6.08 Å². The second-order valence-corrected chi connectivity index (χ2v) is 2.93. The average molecular weight is 190 g/mol. The van der Waals surface area contributed by atoms with E-state index >= 15 is 0 Å². The van der Waals surface area contributed by atoms with E-state index in [2.05, 4.69) is 0 Å². The zero-order chi connectivity index (χ0) is 9.84. The van der Waals surface area contributed by atoms with Gasteiger partial charge in [-0.15, -0.1) is 0 Å². The molecule has 5 heteroatoms. The van der Waals surface area contributed by atoms with E-state index < -0.39 is 18.3 Å². The molecule has 1 aliphatic rings. The molecule has 0 radical (unpaired) electrons. The quantitative estimate of drug-likeness (QED) is 0.379. The second-order valence-electron chi connectivity index (χ2n) is 2.93. The van der Waals surface area contributed by atoms with Gasteiger partial charge in [0.05, 0.1) is 19.8 Å². The molecule has 0 spiro atoms. The third-order valence-corrected chi connectivity index (χ3v) is 2.10. The highest BCUT2D eigenvalue weighted by Gasteiger charge is 2.30. The minimum Gasteiger partial charge on any atom is -0.394 e. The Hall–Kier alpha value is -0.460. The van der Waals surface area contributed by atoms with E-state index in [1.54, 1.807) is 0 Å². The minimum absolute atomic E-state index is 0.176. The second kappa shape index (κ2) is 4.69. The van der Waals surface area contributed by atoms with Crippen molar-refractivity contribution in [3.8, 4) is 0 Å². The Balaban J connectivity index is 2.71. The zero-order valence-electron chi connectivity index (χ0n) is 7.13. The predicted molar refractivity (Wildman–Crippen MR) is 44.0 cm³/mol. The van der Waals surface area contributed by atoms with Crippen LogP contribution >= 0.6 is 0 Å². The van der Waals surface area contributed by atoms with Crippen LogP contribution in [0, 0.1) is 0 Å². The average Bonchev–Trinajstić information content (AvgIpc) is 2.28. The monoisotopic (exact) mass is 190 g/mol. The van der Waals surface area contributed by atoms with E-state index in [9.17, 15) is 10.2 Å². The number of hydrogen-bond acceptors (Lipinski definition) is 5. The van der Waals surface area contributed by atoms with Crippen LogP contribution in [-0.2, 0) is 4.74 Å². The summed E-state index contributed by atoms with van der Waals surface area (Å²) in [6, 6.07) is 0. The summed E-state index contributed by atoms with van der Waals surface area (Å²) in [5.74, 6) is 0. The third kappa shape index (κ3) is 2.26. The number of hydrogen-bond donors (Lipinski definition) is 4. The van der Waals surface area contributed by atoms with Crippen LogP contribution in [0.2, 0.25) is 0 Å². The Bertz CT molecular complexity index is 191. The van der Waals surface area contributed by atoms with Crippen molar-refractivity contribution in [3.63, 3.8) is 0 Å². The summed E-state index contributed by atoms with van der Waals surface area (Å²) in [6.07, 6.45) is -1.64. The maximum atomic E-state index is 9.45. The maximum absolute atomic E-state index is 9.45. The van der Waals surface area contributed by atoms with Gasteiger partial charge < -0.3 is 25.2 Å². The summed E-state index contributed by atoms with van der Waals surface area (Å²) in [5.41, 5.74) is 0.323. The van der Waals surface area contributed by atoms with Gasteiger partial charge in [-0.2, -0.15) is 0 Å². The van der Waals surface area contributed by atoms with Crippen LogP contribution in [0.5, 0.6) is 0 Å². The fourth-order valence-corrected chi connectivity index (χ4v) is 1.24. The summed E-state index contributed by atoms with van der Waals surface area (Å²) in [6.45, 7) is -0.500. The Morgan fingerprint density at radius 1 is 1.38 bits per heavy atom. The smallest absolute Gasteiger partial charge is 0.112 e. The number of aliphatic hydroxyl groups is 4. The summed E-state index contributed by atoms with van der Waals surface area (Å²) in [4.78, 5) is 0. The largest absolute Gasteiger partial charge is 0.394 e. The van der Waals surface area contributed by atoms with Crippen LogP contribution in [-0.4, -0.2) is 58.6 Å². The van der Waals surface area contributed by atoms with Crippen LogP contribution in [0.1, 0.15) is 0 Å². The van der Waals surface area contributed by atoms with E-state index in [0.717, 1.165) is 0 Å². The summed E-state index contributed by atoms with van der Waals surface area (Å²) < 4.78 is 5.02. The molecule has 0 saturated heterocycles. The van der Waals surface area contributed by atoms with E-state index in [4.69, 9.17) is 14.9 Å². The lowest BCUT2D eigenvalue weighted by atomic mass is 10.0. The highest BCUT2D eigenvalue weighted by atomic mass is 16.5. The predicted octanol–water partition coefficient (Wildman–Crippen LogP) is -1.98. The highest BCUT2D eigenvalue weighted by molar-refractivity contribution is 5.13. The Morgan fingerprint density at radius 2 is 2.08 bits per heavy atom. The van der Waals surface area contributed by atoms with E-state index in [0.29, 0.717) is 5.57 Å². The maximum Gasteiger partial charge on any atom is 0.112 e. The van der Waals surface area contributed by atoms with E-state index in [-0.39, 0.29) is 19.8 Å². The summed E-state index contributed by atoms with van der Waals surface area (Å²) in [5, 5.41) is 36.5. The van der Waals surface area contributed by atoms with Gasteiger partial charge in [-0.05, 0) is 5.57 Å². The molecule has 1 aliphatic heterocycles. The molecule has 3 atom stereocenters. The molecule has 0 aromatic heterocycles. The van der Waals surface area contributed by atoms with Gasteiger partial charge in [-0.1, -0.05) is 6.08 Å². The lowest BCUT2D eigenvalue weighted by Gasteiger charge is -2.23. The minimum atomic E-state index is -1.19. The normalized spacial score (nSPS) is 35.4. The molecule has 0 aliphatic carbocycles. The first-order valence-corrected chi connectivity index (χ1v) is 4.09. The molecule has 0 aromatic rings. The van der Waals surface area contributed by atoms with Crippen molar-refractivity contribution >= 4 is 0 Å². The van der Waals surface area contributed by atoms with Gasteiger partial charge in [0.15, 0.2) is 0 Å². The molecule has 13 heavy (non-hydrogen) atoms. The molecule has 1 heterocycles. The van der Waals surface area contributed by atoms with Crippen molar-refractivity contribution < 1.29 is 25.2 Å². The van der Waals surface area contributed by atoms with Gasteiger partial charge in [-0.3, -0.25) is 0 Å². The fourth-order valence-electron chi connectivity index (χ4n) is 1.24. The molecule has 0 amide bonds. The highest BCUT2D eigenvalue weighted by Crippen LogP contribution is 2.15. The fraction of sp³-hybridized carbons (Fsp3) is 0.750. The van der Waals surface area contributed by atoms with Crippen molar-refractivity contribution in [1.82, 2.24) is 0 Å². The first-order chi connectivity index (χ1) is 6.20. The van der Waals surface area contributed by atoms with Crippen molar-refractivity contribution in [2.24, 2.45) is 0 Å². The molecule has 76 valence electrons. The molecular weight excluding hydrogens is 176 g/mol. The molecule has 5 nitrogen and oxygen atoms in total. The van der Waals surface area contributed by atoms with Gasteiger partial charge in [-0.25, -0.2) is 0 Å². The zero-order valence-corrected chi connectivity index (χ0v) is 7.13. The lowest BCUT2D eigenvalue weighted by Crippen LogP contribution is -2.41. The van der Waals surface area contributed by atoms with Gasteiger partial charge in [0.2, 0.25) is 0 Å². The molecule has 0 fully saturated rings. The Labute approximate surface area is 75.9 Å². The molecule has 4 N–H and O–H groups in total.